The molecule has 0 aromatic rings. The minimum absolute atomic E-state index is 0. The number of phosphoric acid groups is 1. The zero-order chi connectivity index (χ0) is 4.50. The Hall–Kier alpha value is 2.47. The Kier molecular flexibility index (Phi) is 43.7. The van der Waals surface area contributed by atoms with Gasteiger partial charge in [-0.1, -0.05) is 0 Å². The van der Waals surface area contributed by atoms with Crippen LogP contribution in [0.1, 0.15) is 0 Å². The van der Waals surface area contributed by atoms with Gasteiger partial charge >= 0.3 is 75.0 Å². The van der Waals surface area contributed by atoms with E-state index in [4.69, 9.17) is 19.2 Å². The van der Waals surface area contributed by atoms with Crippen LogP contribution in [0, 0.1) is 0 Å². The van der Waals surface area contributed by atoms with Gasteiger partial charge in [-0.2, -0.15) is 7.82 Å². The van der Waals surface area contributed by atoms with E-state index < -0.39 is 7.82 Å². The van der Waals surface area contributed by atoms with Crippen LogP contribution in [0.2, 0.25) is 0 Å². The van der Waals surface area contributed by atoms with E-state index in [0.717, 1.165) is 0 Å². The van der Waals surface area contributed by atoms with Crippen molar-refractivity contribution in [2.24, 2.45) is 0 Å². The van der Waals surface area contributed by atoms with Gasteiger partial charge in [0.25, 0.3) is 0 Å². The Bertz CT molecular complexity index is 66.7. The average molecular weight is 256 g/mol. The Morgan fingerprint density at radius 3 is 1.11 bits per heavy atom. The minimum Gasteiger partial charge on any atom is -0.822 e. The number of rotatable bonds is 0. The van der Waals surface area contributed by atoms with Crippen molar-refractivity contribution in [3.63, 3.8) is 0 Å². The molecule has 4 nitrogen and oxygen atoms in total. The van der Waals surface area contributed by atoms with Gasteiger partial charge in [-0.15, -0.1) is 0 Å². The largest absolute Gasteiger partial charge is 4.00 e. The third-order valence-electron chi connectivity index (χ3n) is 0. The Balaban J connectivity index is -0.0000000133. The van der Waals surface area contributed by atoms with Gasteiger partial charge in [0.05, 0.1) is 0 Å². The van der Waals surface area contributed by atoms with Gasteiger partial charge in [0.1, 0.15) is 0 Å². The maximum absolute atomic E-state index is 8.55. The molecule has 0 atom stereocenters. The van der Waals surface area contributed by atoms with Crippen LogP contribution < -0.4 is 33.5 Å². The van der Waals surface area contributed by atoms with Gasteiger partial charge in [0, 0.05) is 0 Å². The quantitative estimate of drug-likeness (QED) is 0.318. The zero-order valence-electron chi connectivity index (χ0n) is 4.57. The van der Waals surface area contributed by atoms with Crippen molar-refractivity contribution in [2.45, 2.75) is 0 Å². The molecule has 0 aliphatic rings. The van der Waals surface area contributed by atoms with Crippen molar-refractivity contribution >= 4 is 42.3 Å². The van der Waals surface area contributed by atoms with Crippen LogP contribution in [0.25, 0.3) is 0 Å². The summed E-state index contributed by atoms with van der Waals surface area (Å²) in [5.74, 6) is 0. The molecule has 0 spiro atoms. The van der Waals surface area contributed by atoms with E-state index in [-0.39, 0.29) is 75.0 Å². The molecule has 0 N–H and O–H groups in total. The summed E-state index contributed by atoms with van der Waals surface area (Å²) in [5, 5.41) is 0. The third-order valence-corrected chi connectivity index (χ3v) is 0. The first-order chi connectivity index (χ1) is 2.00. The molecule has 9 heteroatoms. The summed E-state index contributed by atoms with van der Waals surface area (Å²) in [4.78, 5) is 25.6. The fourth-order valence-electron chi connectivity index (χ4n) is 0. The summed E-state index contributed by atoms with van der Waals surface area (Å²) in [5.41, 5.74) is 0. The number of hydrogen-bond donors (Lipinski definition) is 0. The molecule has 0 aliphatic carbocycles. The number of hydrogen-bond acceptors (Lipinski definition) is 4. The maximum Gasteiger partial charge on any atom is 4.00 e. The van der Waals surface area contributed by atoms with Crippen LogP contribution in [-0.4, -0.2) is 34.4 Å². The molecule has 0 rings (SSSR count). The normalized spacial score (nSPS) is 6.56. The van der Waals surface area contributed by atoms with Crippen LogP contribution in [0.4, 0.5) is 0 Å². The second-order valence-corrected chi connectivity index (χ2v) is 1.34. The standard InChI is InChI=1S/Al.Li.H3O4P.Se.Ti/c;;1-5(2,3)4;;/h;;(H3,1,2,3,4);;/q+3;+1;;+2;+4/p-3. The summed E-state index contributed by atoms with van der Waals surface area (Å²) in [6.45, 7) is 0. The summed E-state index contributed by atoms with van der Waals surface area (Å²) in [6.07, 6.45) is 0. The van der Waals surface area contributed by atoms with Crippen LogP contribution in [0.15, 0.2) is 0 Å². The zero-order valence-corrected chi connectivity index (χ0v) is 9.89. The summed E-state index contributed by atoms with van der Waals surface area (Å²) in [7, 11) is -5.39. The summed E-state index contributed by atoms with van der Waals surface area (Å²) >= 11 is 0. The van der Waals surface area contributed by atoms with E-state index in [9.17, 15) is 0 Å². The smallest absolute Gasteiger partial charge is 0.822 e. The molecule has 0 saturated carbocycles. The van der Waals surface area contributed by atoms with Crippen LogP contribution in [0.3, 0.4) is 0 Å². The SMILES string of the molecule is O=P([O-])([O-])[O-].[Al+3].[Li+].[Se+2].[Ti+4]. The molecule has 0 unspecified atom stereocenters. The van der Waals surface area contributed by atoms with Crippen molar-refractivity contribution in [3.05, 3.63) is 0 Å². The first-order valence-electron chi connectivity index (χ1n) is 0.730. The van der Waals surface area contributed by atoms with E-state index in [1.165, 1.54) is 0 Å². The monoisotopic (exact) mass is 257 g/mol. The third kappa shape index (κ3) is 123. The van der Waals surface area contributed by atoms with Gasteiger partial charge in [-0.25, -0.2) is 0 Å². The van der Waals surface area contributed by atoms with E-state index in [2.05, 4.69) is 0 Å². The van der Waals surface area contributed by atoms with Crippen LogP contribution in [-0.2, 0) is 26.3 Å². The van der Waals surface area contributed by atoms with Crippen molar-refractivity contribution in [1.82, 2.24) is 0 Å². The van der Waals surface area contributed by atoms with Gasteiger partial charge in [0.15, 0.2) is 0 Å². The molecule has 0 aromatic heterocycles. The average Bonchev–Trinajstić information content (AvgIpc) is 0.722. The van der Waals surface area contributed by atoms with Crippen molar-refractivity contribution in [1.29, 1.82) is 0 Å². The maximum atomic E-state index is 8.55. The molecule has 0 bridgehead atoms. The predicted molar refractivity (Wildman–Crippen MR) is 19.1 cm³/mol. The second kappa shape index (κ2) is 13.1. The van der Waals surface area contributed by atoms with Gasteiger partial charge < -0.3 is 19.2 Å². The first-order valence-corrected chi connectivity index (χ1v) is 2.19. The molecule has 0 heterocycles. The minimum atomic E-state index is -5.39. The fraction of sp³-hybridized carbons (Fsp3) is 0. The molecule has 4 radical (unpaired) electrons. The molecule has 0 saturated heterocycles. The van der Waals surface area contributed by atoms with Crippen molar-refractivity contribution in [2.75, 3.05) is 0 Å². The van der Waals surface area contributed by atoms with Crippen molar-refractivity contribution < 1.29 is 59.8 Å². The molecule has 36 valence electrons. The second-order valence-electron chi connectivity index (χ2n) is 0.447. The van der Waals surface area contributed by atoms with Gasteiger partial charge in [0.2, 0.25) is 0 Å². The Morgan fingerprint density at radius 1 is 1.11 bits per heavy atom. The summed E-state index contributed by atoms with van der Waals surface area (Å²) in [6, 6.07) is 0. The van der Waals surface area contributed by atoms with Gasteiger partial charge in [-0.05, 0) is 0 Å². The van der Waals surface area contributed by atoms with Crippen molar-refractivity contribution in [3.8, 4) is 0 Å². The molecule has 0 fully saturated rings. The van der Waals surface area contributed by atoms with Gasteiger partial charge in [-0.3, -0.25) is 0 Å². The molecular formula is AlLiO4PSeTi+7. The van der Waals surface area contributed by atoms with Crippen LogP contribution in [0.5, 0.6) is 0 Å². The topological polar surface area (TPSA) is 86.2 Å². The first kappa shape index (κ1) is 30.0. The van der Waals surface area contributed by atoms with E-state index in [0.29, 0.717) is 0 Å². The molecule has 0 aliphatic heterocycles. The van der Waals surface area contributed by atoms with E-state index >= 15 is 0 Å². The Morgan fingerprint density at radius 2 is 1.11 bits per heavy atom. The van der Waals surface area contributed by atoms with Crippen LogP contribution >= 0.6 is 7.82 Å². The fourth-order valence-corrected chi connectivity index (χ4v) is 0. The molecule has 0 aromatic carbocycles. The van der Waals surface area contributed by atoms with E-state index in [1.807, 2.05) is 0 Å². The van der Waals surface area contributed by atoms with E-state index in [1.54, 1.807) is 0 Å². The molecule has 0 amide bonds. The molecule has 9 heavy (non-hydrogen) atoms. The Labute approximate surface area is 101 Å². The molecular weight excluding hydrogens is 256 g/mol. The predicted octanol–water partition coefficient (Wildman–Crippen LogP) is -6.58. The summed E-state index contributed by atoms with van der Waals surface area (Å²) < 4.78 is 8.55.